The Kier molecular flexibility index (Phi) is 6.46. The van der Waals surface area contributed by atoms with Gasteiger partial charge >= 0.3 is 5.63 Å². The van der Waals surface area contributed by atoms with Gasteiger partial charge in [-0.05, 0) is 51.1 Å². The van der Waals surface area contributed by atoms with Gasteiger partial charge in [-0.3, -0.25) is 4.79 Å². The molecular weight excluding hydrogens is 442 g/mol. The van der Waals surface area contributed by atoms with Crippen LogP contribution in [0.3, 0.4) is 0 Å². The average molecular weight is 469 g/mol. The molecule has 0 radical (unpaired) electrons. The van der Waals surface area contributed by atoms with Crippen molar-refractivity contribution in [3.63, 3.8) is 0 Å². The first-order valence-corrected chi connectivity index (χ1v) is 10.8. The summed E-state index contributed by atoms with van der Waals surface area (Å²) in [5.41, 5.74) is -0.468. The standard InChI is InChI=1S/C25H27NO8/c1-13-17(32-24-19(28)18(27)21(31-4)25(2,3)34-24)11-10-15-12-16(23(30)33-20(13)15)26-22(29)14-8-6-5-7-9-14/h5-12,18-19,21,24,27-28H,1-4H3,(H,26,29)/t18-,19?,21+,24+/m0/s1. The smallest absolute Gasteiger partial charge is 0.360 e. The van der Waals surface area contributed by atoms with Crippen LogP contribution in [0.1, 0.15) is 29.8 Å². The van der Waals surface area contributed by atoms with Crippen molar-refractivity contribution in [2.24, 2.45) is 0 Å². The molecule has 1 unspecified atom stereocenters. The van der Waals surface area contributed by atoms with Crippen LogP contribution in [-0.2, 0) is 9.47 Å². The molecule has 0 aliphatic carbocycles. The molecular formula is C25H27NO8. The van der Waals surface area contributed by atoms with E-state index in [2.05, 4.69) is 5.32 Å². The molecule has 1 aliphatic heterocycles. The van der Waals surface area contributed by atoms with E-state index < -0.39 is 41.7 Å². The molecule has 1 aliphatic rings. The van der Waals surface area contributed by atoms with E-state index in [1.165, 1.54) is 13.2 Å². The summed E-state index contributed by atoms with van der Waals surface area (Å²) in [6.45, 7) is 5.14. The quantitative estimate of drug-likeness (QED) is 0.487. The molecule has 2 heterocycles. The number of benzene rings is 2. The third kappa shape index (κ3) is 4.43. The molecule has 3 N–H and O–H groups in total. The average Bonchev–Trinajstić information content (AvgIpc) is 2.80. The number of anilines is 1. The molecule has 4 rings (SSSR count). The molecule has 4 atom stereocenters. The van der Waals surface area contributed by atoms with Gasteiger partial charge in [0, 0.05) is 23.6 Å². The second-order valence-corrected chi connectivity index (χ2v) is 8.72. The van der Waals surface area contributed by atoms with Crippen molar-refractivity contribution in [2.75, 3.05) is 12.4 Å². The first-order valence-electron chi connectivity index (χ1n) is 10.8. The number of aliphatic hydroxyl groups excluding tert-OH is 2. The fraction of sp³-hybridized carbons (Fsp3) is 0.360. The van der Waals surface area contributed by atoms with Crippen LogP contribution in [0.15, 0.2) is 57.7 Å². The lowest BCUT2D eigenvalue weighted by Crippen LogP contribution is -2.63. The summed E-state index contributed by atoms with van der Waals surface area (Å²) >= 11 is 0. The number of amides is 1. The maximum absolute atomic E-state index is 12.6. The van der Waals surface area contributed by atoms with E-state index in [0.717, 1.165) is 0 Å². The molecule has 3 aromatic rings. The highest BCUT2D eigenvalue weighted by atomic mass is 16.7. The van der Waals surface area contributed by atoms with Gasteiger partial charge in [0.05, 0.1) is 5.60 Å². The Morgan fingerprint density at radius 2 is 1.79 bits per heavy atom. The highest BCUT2D eigenvalue weighted by Crippen LogP contribution is 2.35. The molecule has 1 amide bonds. The Bertz CT molecular complexity index is 1250. The fourth-order valence-electron chi connectivity index (χ4n) is 4.13. The van der Waals surface area contributed by atoms with Crippen LogP contribution in [0.2, 0.25) is 0 Å². The predicted molar refractivity (Wildman–Crippen MR) is 124 cm³/mol. The zero-order chi connectivity index (χ0) is 24.6. The second kappa shape index (κ2) is 9.19. The van der Waals surface area contributed by atoms with E-state index in [4.69, 9.17) is 18.6 Å². The summed E-state index contributed by atoms with van der Waals surface area (Å²) in [4.78, 5) is 25.0. The van der Waals surface area contributed by atoms with Crippen molar-refractivity contribution in [1.82, 2.24) is 0 Å². The summed E-state index contributed by atoms with van der Waals surface area (Å²) < 4.78 is 22.5. The molecule has 1 fully saturated rings. The second-order valence-electron chi connectivity index (χ2n) is 8.72. The minimum absolute atomic E-state index is 0.0101. The molecule has 2 aromatic carbocycles. The summed E-state index contributed by atoms with van der Waals surface area (Å²) in [5.74, 6) is -0.123. The van der Waals surface area contributed by atoms with Gasteiger partial charge in [0.15, 0.2) is 0 Å². The number of nitrogens with one attached hydrogen (secondary N) is 1. The third-order valence-electron chi connectivity index (χ3n) is 5.93. The van der Waals surface area contributed by atoms with Crippen LogP contribution in [0.4, 0.5) is 5.69 Å². The minimum atomic E-state index is -1.37. The maximum Gasteiger partial charge on any atom is 0.360 e. The SMILES string of the molecule is CO[C@@H]1[C@@H](O)C(O)[C@H](Oc2ccc3cc(NC(=O)c4ccccc4)c(=O)oc3c2C)OC1(C)C. The van der Waals surface area contributed by atoms with Crippen LogP contribution in [0.5, 0.6) is 5.75 Å². The maximum atomic E-state index is 12.6. The Hall–Kier alpha value is -3.24. The number of methoxy groups -OCH3 is 1. The van der Waals surface area contributed by atoms with Crippen molar-refractivity contribution in [3.05, 3.63) is 70.1 Å². The van der Waals surface area contributed by atoms with Gasteiger partial charge in [-0.15, -0.1) is 0 Å². The number of fused-ring (bicyclic) bond motifs is 1. The number of hydrogen-bond donors (Lipinski definition) is 3. The normalized spacial score (nSPS) is 24.1. The van der Waals surface area contributed by atoms with E-state index in [9.17, 15) is 19.8 Å². The van der Waals surface area contributed by atoms with Gasteiger partial charge in [0.2, 0.25) is 6.29 Å². The largest absolute Gasteiger partial charge is 0.462 e. The van der Waals surface area contributed by atoms with Crippen LogP contribution in [0.25, 0.3) is 11.0 Å². The van der Waals surface area contributed by atoms with E-state index in [1.54, 1.807) is 63.2 Å². The molecule has 1 aromatic heterocycles. The van der Waals surface area contributed by atoms with E-state index in [0.29, 0.717) is 22.3 Å². The molecule has 180 valence electrons. The van der Waals surface area contributed by atoms with E-state index in [-0.39, 0.29) is 11.3 Å². The van der Waals surface area contributed by atoms with Gasteiger partial charge in [-0.25, -0.2) is 4.79 Å². The molecule has 0 spiro atoms. The fourth-order valence-corrected chi connectivity index (χ4v) is 4.13. The van der Waals surface area contributed by atoms with Crippen molar-refractivity contribution in [3.8, 4) is 5.75 Å². The Morgan fingerprint density at radius 3 is 2.47 bits per heavy atom. The number of hydrogen-bond acceptors (Lipinski definition) is 8. The van der Waals surface area contributed by atoms with Gasteiger partial charge in [0.25, 0.3) is 5.91 Å². The molecule has 34 heavy (non-hydrogen) atoms. The Balaban J connectivity index is 1.60. The lowest BCUT2D eigenvalue weighted by Gasteiger charge is -2.46. The highest BCUT2D eigenvalue weighted by Gasteiger charge is 2.50. The molecule has 0 saturated carbocycles. The topological polar surface area (TPSA) is 127 Å². The van der Waals surface area contributed by atoms with Gasteiger partial charge in [-0.1, -0.05) is 18.2 Å². The first kappa shape index (κ1) is 23.9. The lowest BCUT2D eigenvalue weighted by molar-refractivity contribution is -0.306. The zero-order valence-corrected chi connectivity index (χ0v) is 19.3. The molecule has 9 heteroatoms. The Labute approximate surface area is 195 Å². The number of aliphatic hydroxyl groups is 2. The summed E-state index contributed by atoms with van der Waals surface area (Å²) in [6, 6.07) is 13.3. The highest BCUT2D eigenvalue weighted by molar-refractivity contribution is 6.04. The van der Waals surface area contributed by atoms with E-state index >= 15 is 0 Å². The summed E-state index contributed by atoms with van der Waals surface area (Å²) in [7, 11) is 1.43. The third-order valence-corrected chi connectivity index (χ3v) is 5.93. The van der Waals surface area contributed by atoms with Crippen LogP contribution >= 0.6 is 0 Å². The zero-order valence-electron chi connectivity index (χ0n) is 19.3. The number of aryl methyl sites for hydroxylation is 1. The van der Waals surface area contributed by atoms with Crippen LogP contribution in [0, 0.1) is 6.92 Å². The van der Waals surface area contributed by atoms with Crippen LogP contribution in [-0.4, -0.2) is 53.4 Å². The van der Waals surface area contributed by atoms with E-state index in [1.807, 2.05) is 0 Å². The number of rotatable bonds is 5. The van der Waals surface area contributed by atoms with Gasteiger partial charge in [0.1, 0.15) is 35.3 Å². The number of ether oxygens (including phenoxy) is 3. The first-order chi connectivity index (χ1) is 16.1. The van der Waals surface area contributed by atoms with Crippen molar-refractivity contribution < 1.29 is 33.6 Å². The summed E-state index contributed by atoms with van der Waals surface area (Å²) in [5, 5.41) is 24.1. The molecule has 0 bridgehead atoms. The van der Waals surface area contributed by atoms with Gasteiger partial charge in [-0.2, -0.15) is 0 Å². The monoisotopic (exact) mass is 469 g/mol. The minimum Gasteiger partial charge on any atom is -0.462 e. The Morgan fingerprint density at radius 1 is 1.09 bits per heavy atom. The number of carbonyl (C=O) groups is 1. The van der Waals surface area contributed by atoms with Gasteiger partial charge < -0.3 is 34.2 Å². The summed E-state index contributed by atoms with van der Waals surface area (Å²) in [6.07, 6.45) is -4.52. The lowest BCUT2D eigenvalue weighted by atomic mass is 9.89. The number of carbonyl (C=O) groups excluding carboxylic acids is 1. The van der Waals surface area contributed by atoms with Crippen molar-refractivity contribution in [2.45, 2.75) is 51.0 Å². The van der Waals surface area contributed by atoms with Crippen molar-refractivity contribution in [1.29, 1.82) is 0 Å². The van der Waals surface area contributed by atoms with Crippen LogP contribution < -0.4 is 15.7 Å². The molecule has 1 saturated heterocycles. The van der Waals surface area contributed by atoms with Crippen molar-refractivity contribution >= 4 is 22.6 Å². The molecule has 9 nitrogen and oxygen atoms in total. The predicted octanol–water partition coefficient (Wildman–Crippen LogP) is 2.60.